The van der Waals surface area contributed by atoms with Crippen molar-refractivity contribution in [3.63, 3.8) is 0 Å². The van der Waals surface area contributed by atoms with Gasteiger partial charge in [-0.3, -0.25) is 4.79 Å². The van der Waals surface area contributed by atoms with Gasteiger partial charge in [0.2, 0.25) is 0 Å². The Balaban J connectivity index is 1.39. The second-order valence-corrected chi connectivity index (χ2v) is 8.06. The topological polar surface area (TPSA) is 94.1 Å². The first-order valence-electron chi connectivity index (χ1n) is 8.84. The zero-order valence-electron chi connectivity index (χ0n) is 15.2. The number of nitrogens with zero attached hydrogens (tertiary/aromatic N) is 3. The Morgan fingerprint density at radius 2 is 1.93 bits per heavy atom. The summed E-state index contributed by atoms with van der Waals surface area (Å²) < 4.78 is 6.12. The Labute approximate surface area is 174 Å². The monoisotopic (exact) mass is 424 g/mol. The summed E-state index contributed by atoms with van der Waals surface area (Å²) in [7, 11) is 0. The fourth-order valence-corrected chi connectivity index (χ4v) is 4.32. The summed E-state index contributed by atoms with van der Waals surface area (Å²) >= 11 is 3.05. The van der Waals surface area contributed by atoms with Crippen molar-refractivity contribution in [2.45, 2.75) is 6.42 Å². The standard InChI is InChI=1S/C20H16N4O3S2/c25-16(21-8-7-13-4-3-11-28-13)12-27-20(26)18-17(22-9-10-23-18)19-24-14-5-1-2-6-15(14)29-19/h1-6,9-11H,7-8,12H2,(H,21,25). The Morgan fingerprint density at radius 3 is 2.76 bits per heavy atom. The molecule has 29 heavy (non-hydrogen) atoms. The lowest BCUT2D eigenvalue weighted by molar-refractivity contribution is -0.124. The first-order valence-corrected chi connectivity index (χ1v) is 10.5. The number of aromatic nitrogens is 3. The second-order valence-electron chi connectivity index (χ2n) is 6.00. The number of thiazole rings is 1. The van der Waals surface area contributed by atoms with Crippen molar-refractivity contribution in [2.24, 2.45) is 0 Å². The number of nitrogens with one attached hydrogen (secondary N) is 1. The van der Waals surface area contributed by atoms with Gasteiger partial charge >= 0.3 is 5.97 Å². The van der Waals surface area contributed by atoms with Crippen molar-refractivity contribution >= 4 is 44.8 Å². The number of amides is 1. The second kappa shape index (κ2) is 8.89. The van der Waals surface area contributed by atoms with Gasteiger partial charge in [-0.25, -0.2) is 19.7 Å². The van der Waals surface area contributed by atoms with Crippen LogP contribution < -0.4 is 5.32 Å². The number of hydrogen-bond donors (Lipinski definition) is 1. The minimum atomic E-state index is -0.708. The number of thiophene rings is 1. The normalized spacial score (nSPS) is 10.8. The van der Waals surface area contributed by atoms with E-state index in [2.05, 4.69) is 20.3 Å². The summed E-state index contributed by atoms with van der Waals surface area (Å²) in [4.78, 5) is 38.5. The minimum Gasteiger partial charge on any atom is -0.451 e. The molecule has 0 aliphatic carbocycles. The molecule has 7 nitrogen and oxygen atoms in total. The molecule has 0 saturated heterocycles. The van der Waals surface area contributed by atoms with Crippen LogP contribution in [0.2, 0.25) is 0 Å². The average Bonchev–Trinajstić information content (AvgIpc) is 3.41. The van der Waals surface area contributed by atoms with Gasteiger partial charge in [0.15, 0.2) is 12.3 Å². The van der Waals surface area contributed by atoms with Crippen molar-refractivity contribution in [3.05, 3.63) is 64.7 Å². The van der Waals surface area contributed by atoms with Gasteiger partial charge in [-0.1, -0.05) is 18.2 Å². The molecule has 1 N–H and O–H groups in total. The van der Waals surface area contributed by atoms with Gasteiger partial charge in [-0.05, 0) is 30.0 Å². The predicted molar refractivity (Wildman–Crippen MR) is 112 cm³/mol. The summed E-state index contributed by atoms with van der Waals surface area (Å²) in [6.45, 7) is 0.109. The zero-order valence-corrected chi connectivity index (χ0v) is 16.8. The van der Waals surface area contributed by atoms with E-state index in [9.17, 15) is 9.59 Å². The highest BCUT2D eigenvalue weighted by Gasteiger charge is 2.20. The SMILES string of the molecule is O=C(COC(=O)c1nccnc1-c1nc2ccccc2s1)NCCc1cccs1. The number of benzene rings is 1. The molecule has 0 saturated carbocycles. The Bertz CT molecular complexity index is 1110. The number of carbonyl (C=O) groups is 2. The van der Waals surface area contributed by atoms with Crippen molar-refractivity contribution in [2.75, 3.05) is 13.2 Å². The van der Waals surface area contributed by atoms with Crippen LogP contribution in [0.3, 0.4) is 0 Å². The van der Waals surface area contributed by atoms with Crippen LogP contribution in [0, 0.1) is 0 Å². The highest BCUT2D eigenvalue weighted by atomic mass is 32.1. The van der Waals surface area contributed by atoms with Crippen molar-refractivity contribution in [1.29, 1.82) is 0 Å². The maximum atomic E-state index is 12.5. The van der Waals surface area contributed by atoms with Gasteiger partial charge in [0, 0.05) is 23.8 Å². The lowest BCUT2D eigenvalue weighted by Crippen LogP contribution is -2.30. The van der Waals surface area contributed by atoms with Gasteiger partial charge in [-0.2, -0.15) is 0 Å². The summed E-state index contributed by atoms with van der Waals surface area (Å²) in [5.74, 6) is -1.07. The van der Waals surface area contributed by atoms with Gasteiger partial charge in [0.1, 0.15) is 10.7 Å². The fourth-order valence-electron chi connectivity index (χ4n) is 2.65. The molecule has 0 fully saturated rings. The van der Waals surface area contributed by atoms with E-state index < -0.39 is 5.97 Å². The van der Waals surface area contributed by atoms with Gasteiger partial charge < -0.3 is 10.1 Å². The van der Waals surface area contributed by atoms with Gasteiger partial charge in [0.05, 0.1) is 10.2 Å². The molecule has 0 unspecified atom stereocenters. The third kappa shape index (κ3) is 4.64. The van der Waals surface area contributed by atoms with E-state index in [1.54, 1.807) is 11.3 Å². The summed E-state index contributed by atoms with van der Waals surface area (Å²) in [5.41, 5.74) is 1.21. The smallest absolute Gasteiger partial charge is 0.359 e. The van der Waals surface area contributed by atoms with E-state index in [0.717, 1.165) is 16.6 Å². The van der Waals surface area contributed by atoms with E-state index in [1.165, 1.54) is 28.6 Å². The summed E-state index contributed by atoms with van der Waals surface area (Å²) in [5, 5.41) is 5.30. The number of hydrogen-bond acceptors (Lipinski definition) is 8. The molecule has 0 aliphatic rings. The van der Waals surface area contributed by atoms with Crippen molar-refractivity contribution in [3.8, 4) is 10.7 Å². The fraction of sp³-hybridized carbons (Fsp3) is 0.150. The Kier molecular flexibility index (Phi) is 5.87. The molecule has 4 aromatic rings. The first-order chi connectivity index (χ1) is 14.2. The quantitative estimate of drug-likeness (QED) is 0.457. The molecule has 0 atom stereocenters. The van der Waals surface area contributed by atoms with E-state index in [4.69, 9.17) is 4.74 Å². The van der Waals surface area contributed by atoms with E-state index in [-0.39, 0.29) is 18.2 Å². The molecule has 1 aromatic carbocycles. The van der Waals surface area contributed by atoms with Crippen LogP contribution in [0.15, 0.2) is 54.2 Å². The Morgan fingerprint density at radius 1 is 1.07 bits per heavy atom. The molecule has 0 bridgehead atoms. The number of esters is 1. The lowest BCUT2D eigenvalue weighted by atomic mass is 10.3. The maximum absolute atomic E-state index is 12.5. The molecule has 0 radical (unpaired) electrons. The lowest BCUT2D eigenvalue weighted by Gasteiger charge is -2.07. The molecule has 0 spiro atoms. The first kappa shape index (κ1) is 19.2. The molecule has 3 heterocycles. The van der Waals surface area contributed by atoms with Crippen LogP contribution in [-0.2, 0) is 16.0 Å². The third-order valence-corrected chi connectivity index (χ3v) is 5.98. The zero-order chi connectivity index (χ0) is 20.1. The number of para-hydroxylation sites is 1. The number of rotatable bonds is 7. The van der Waals surface area contributed by atoms with E-state index in [1.807, 2.05) is 41.8 Å². The van der Waals surface area contributed by atoms with Crippen LogP contribution in [0.1, 0.15) is 15.4 Å². The van der Waals surface area contributed by atoms with Crippen LogP contribution in [0.4, 0.5) is 0 Å². The summed E-state index contributed by atoms with van der Waals surface area (Å²) in [6, 6.07) is 11.6. The van der Waals surface area contributed by atoms with E-state index in [0.29, 0.717) is 17.2 Å². The molecular weight excluding hydrogens is 408 g/mol. The molecule has 4 rings (SSSR count). The molecule has 146 valence electrons. The van der Waals surface area contributed by atoms with Gasteiger partial charge in [-0.15, -0.1) is 22.7 Å². The molecule has 1 amide bonds. The predicted octanol–water partition coefficient (Wildman–Crippen LogP) is 3.33. The van der Waals surface area contributed by atoms with Crippen molar-refractivity contribution in [1.82, 2.24) is 20.3 Å². The minimum absolute atomic E-state index is 0.0398. The van der Waals surface area contributed by atoms with Crippen LogP contribution in [0.25, 0.3) is 20.9 Å². The van der Waals surface area contributed by atoms with Gasteiger partial charge in [0.25, 0.3) is 5.91 Å². The van der Waals surface area contributed by atoms with Crippen LogP contribution >= 0.6 is 22.7 Å². The van der Waals surface area contributed by atoms with E-state index >= 15 is 0 Å². The highest BCUT2D eigenvalue weighted by Crippen LogP contribution is 2.30. The largest absolute Gasteiger partial charge is 0.451 e. The number of carbonyl (C=O) groups excluding carboxylic acids is 2. The molecule has 9 heteroatoms. The number of fused-ring (bicyclic) bond motifs is 1. The maximum Gasteiger partial charge on any atom is 0.359 e. The highest BCUT2D eigenvalue weighted by molar-refractivity contribution is 7.21. The van der Waals surface area contributed by atoms with Crippen LogP contribution in [-0.4, -0.2) is 40.0 Å². The molecular formula is C20H16N4O3S2. The summed E-state index contributed by atoms with van der Waals surface area (Å²) in [6.07, 6.45) is 3.65. The molecule has 3 aromatic heterocycles. The Hall–Kier alpha value is -3.17. The third-order valence-electron chi connectivity index (χ3n) is 4.00. The average molecular weight is 425 g/mol. The van der Waals surface area contributed by atoms with Crippen molar-refractivity contribution < 1.29 is 14.3 Å². The van der Waals surface area contributed by atoms with Crippen LogP contribution in [0.5, 0.6) is 0 Å². The molecule has 0 aliphatic heterocycles. The number of ether oxygens (including phenoxy) is 1.